The number of hydrogen-bond acceptors (Lipinski definition) is 0. The van der Waals surface area contributed by atoms with Gasteiger partial charge in [-0.05, 0) is 0 Å². The SMILES string of the molecule is CCCCC[CH-]CCCCC.[Cl-].[Mg+2]. The topological polar surface area (TPSA) is 0 Å². The fraction of sp³-hybridized carbons (Fsp3) is 0.909. The Balaban J connectivity index is -0.000000500. The molecule has 0 bridgehead atoms. The standard InChI is InChI=1S/C11H23.ClH.Mg/c1-3-5-7-9-11-10-8-6-4-2;;/h11H,3-10H2,1-2H3;1H;/q-1;;+2/p-1. The van der Waals surface area contributed by atoms with Crippen molar-refractivity contribution < 1.29 is 12.4 Å². The van der Waals surface area contributed by atoms with Crippen LogP contribution in [0.3, 0.4) is 0 Å². The molecule has 0 unspecified atom stereocenters. The third-order valence-electron chi connectivity index (χ3n) is 2.02. The van der Waals surface area contributed by atoms with Gasteiger partial charge >= 0.3 is 23.1 Å². The summed E-state index contributed by atoms with van der Waals surface area (Å²) in [7, 11) is 0. The van der Waals surface area contributed by atoms with Crippen LogP contribution in [0.2, 0.25) is 0 Å². The maximum Gasteiger partial charge on any atom is 2.00 e. The van der Waals surface area contributed by atoms with Gasteiger partial charge in [-0.2, -0.15) is 12.8 Å². The molecule has 0 radical (unpaired) electrons. The molecule has 0 aliphatic heterocycles. The molecular formula is C11H23ClMg. The smallest absolute Gasteiger partial charge is 1.00 e. The van der Waals surface area contributed by atoms with E-state index in [4.69, 9.17) is 0 Å². The normalized spacial score (nSPS) is 8.77. The summed E-state index contributed by atoms with van der Waals surface area (Å²) in [6, 6.07) is 0. The van der Waals surface area contributed by atoms with Gasteiger partial charge in [0, 0.05) is 0 Å². The molecule has 0 amide bonds. The molecular weight excluding hydrogens is 192 g/mol. The molecule has 0 aromatic carbocycles. The van der Waals surface area contributed by atoms with E-state index in [-0.39, 0.29) is 35.5 Å². The van der Waals surface area contributed by atoms with Gasteiger partial charge in [0.15, 0.2) is 0 Å². The van der Waals surface area contributed by atoms with Crippen molar-refractivity contribution >= 4 is 23.1 Å². The van der Waals surface area contributed by atoms with Crippen molar-refractivity contribution in [2.24, 2.45) is 0 Å². The third-order valence-corrected chi connectivity index (χ3v) is 2.02. The minimum Gasteiger partial charge on any atom is -1.00 e. The summed E-state index contributed by atoms with van der Waals surface area (Å²) in [4.78, 5) is 0. The zero-order valence-corrected chi connectivity index (χ0v) is 11.5. The molecule has 0 fully saturated rings. The predicted molar refractivity (Wildman–Crippen MR) is 58.3 cm³/mol. The summed E-state index contributed by atoms with van der Waals surface area (Å²) in [5, 5.41) is 0. The van der Waals surface area contributed by atoms with E-state index in [2.05, 4.69) is 20.3 Å². The molecule has 0 saturated carbocycles. The second-order valence-electron chi connectivity index (χ2n) is 3.28. The molecule has 13 heavy (non-hydrogen) atoms. The average molecular weight is 215 g/mol. The van der Waals surface area contributed by atoms with Crippen LogP contribution in [-0.2, 0) is 0 Å². The van der Waals surface area contributed by atoms with Crippen LogP contribution < -0.4 is 12.4 Å². The maximum atomic E-state index is 2.46. The number of rotatable bonds is 8. The Labute approximate surface area is 107 Å². The first-order valence-corrected chi connectivity index (χ1v) is 5.23. The molecule has 0 rings (SSSR count). The molecule has 0 saturated heterocycles. The van der Waals surface area contributed by atoms with E-state index in [1.165, 1.54) is 51.4 Å². The van der Waals surface area contributed by atoms with Crippen LogP contribution in [0.1, 0.15) is 65.2 Å². The first kappa shape index (κ1) is 19.6. The van der Waals surface area contributed by atoms with Crippen molar-refractivity contribution in [3.63, 3.8) is 0 Å². The molecule has 0 heterocycles. The van der Waals surface area contributed by atoms with E-state index in [1.54, 1.807) is 0 Å². The van der Waals surface area contributed by atoms with Crippen molar-refractivity contribution in [3.05, 3.63) is 6.42 Å². The van der Waals surface area contributed by atoms with Crippen LogP contribution in [0.4, 0.5) is 0 Å². The van der Waals surface area contributed by atoms with Crippen molar-refractivity contribution in [1.29, 1.82) is 0 Å². The van der Waals surface area contributed by atoms with Gasteiger partial charge in [0.25, 0.3) is 0 Å². The Bertz CT molecular complexity index is 59.1. The molecule has 0 atom stereocenters. The predicted octanol–water partition coefficient (Wildman–Crippen LogP) is 0.974. The van der Waals surface area contributed by atoms with Crippen LogP contribution in [0.15, 0.2) is 0 Å². The Morgan fingerprint density at radius 1 is 0.769 bits per heavy atom. The summed E-state index contributed by atoms with van der Waals surface area (Å²) in [5.74, 6) is 0. The second kappa shape index (κ2) is 18.8. The summed E-state index contributed by atoms with van der Waals surface area (Å²) in [6.07, 6.45) is 13.5. The second-order valence-corrected chi connectivity index (χ2v) is 3.28. The minimum atomic E-state index is 0. The van der Waals surface area contributed by atoms with Crippen molar-refractivity contribution in [2.45, 2.75) is 65.2 Å². The van der Waals surface area contributed by atoms with Gasteiger partial charge < -0.3 is 18.8 Å². The van der Waals surface area contributed by atoms with Crippen LogP contribution in [-0.4, -0.2) is 23.1 Å². The van der Waals surface area contributed by atoms with Crippen LogP contribution >= 0.6 is 0 Å². The van der Waals surface area contributed by atoms with Crippen LogP contribution in [0, 0.1) is 6.42 Å². The zero-order valence-electron chi connectivity index (χ0n) is 9.32. The summed E-state index contributed by atoms with van der Waals surface area (Å²) < 4.78 is 0. The summed E-state index contributed by atoms with van der Waals surface area (Å²) in [6.45, 7) is 4.52. The minimum absolute atomic E-state index is 0. The Kier molecular flexibility index (Phi) is 28.3. The molecule has 0 aromatic rings. The third kappa shape index (κ3) is 19.5. The van der Waals surface area contributed by atoms with Gasteiger partial charge in [-0.3, -0.25) is 0 Å². The monoisotopic (exact) mass is 214 g/mol. The van der Waals surface area contributed by atoms with Crippen LogP contribution in [0.5, 0.6) is 0 Å². The summed E-state index contributed by atoms with van der Waals surface area (Å²) in [5.41, 5.74) is 0. The van der Waals surface area contributed by atoms with E-state index >= 15 is 0 Å². The van der Waals surface area contributed by atoms with Gasteiger partial charge in [0.1, 0.15) is 0 Å². The molecule has 0 N–H and O–H groups in total. The van der Waals surface area contributed by atoms with E-state index in [9.17, 15) is 0 Å². The van der Waals surface area contributed by atoms with Crippen molar-refractivity contribution in [2.75, 3.05) is 0 Å². The largest absolute Gasteiger partial charge is 2.00 e. The van der Waals surface area contributed by atoms with E-state index in [0.717, 1.165) is 0 Å². The fourth-order valence-corrected chi connectivity index (χ4v) is 1.22. The molecule has 2 heteroatoms. The zero-order chi connectivity index (χ0) is 8.36. The van der Waals surface area contributed by atoms with Gasteiger partial charge in [-0.25, -0.2) is 0 Å². The molecule has 0 aliphatic rings. The van der Waals surface area contributed by atoms with Gasteiger partial charge in [-0.1, -0.05) is 52.4 Å². The van der Waals surface area contributed by atoms with E-state index in [1.807, 2.05) is 0 Å². The Morgan fingerprint density at radius 2 is 1.15 bits per heavy atom. The van der Waals surface area contributed by atoms with E-state index in [0.29, 0.717) is 0 Å². The van der Waals surface area contributed by atoms with E-state index < -0.39 is 0 Å². The molecule has 0 nitrogen and oxygen atoms in total. The fourth-order valence-electron chi connectivity index (χ4n) is 1.22. The number of halogens is 1. The number of hydrogen-bond donors (Lipinski definition) is 0. The van der Waals surface area contributed by atoms with Gasteiger partial charge in [-0.15, -0.1) is 0 Å². The molecule has 0 spiro atoms. The van der Waals surface area contributed by atoms with Gasteiger partial charge in [0.05, 0.1) is 0 Å². The quantitative estimate of drug-likeness (QED) is 0.321. The molecule has 0 aliphatic carbocycles. The van der Waals surface area contributed by atoms with Crippen molar-refractivity contribution in [3.8, 4) is 0 Å². The van der Waals surface area contributed by atoms with Crippen LogP contribution in [0.25, 0.3) is 0 Å². The Hall–Kier alpha value is 1.06. The molecule has 76 valence electrons. The van der Waals surface area contributed by atoms with Gasteiger partial charge in [0.2, 0.25) is 0 Å². The maximum absolute atomic E-state index is 2.46. The van der Waals surface area contributed by atoms with Crippen molar-refractivity contribution in [1.82, 2.24) is 0 Å². The molecule has 0 aromatic heterocycles. The number of unbranched alkanes of at least 4 members (excludes halogenated alkanes) is 8. The first-order valence-electron chi connectivity index (χ1n) is 5.23. The summed E-state index contributed by atoms with van der Waals surface area (Å²) >= 11 is 0. The average Bonchev–Trinajstić information content (AvgIpc) is 2.03. The Morgan fingerprint density at radius 3 is 1.46 bits per heavy atom. The first-order chi connectivity index (χ1) is 5.41.